The van der Waals surface area contributed by atoms with Gasteiger partial charge in [-0.05, 0) is 52.4 Å². The lowest BCUT2D eigenvalue weighted by Gasteiger charge is -2.15. The van der Waals surface area contributed by atoms with E-state index in [1.165, 1.54) is 0 Å². The van der Waals surface area contributed by atoms with Gasteiger partial charge in [-0.1, -0.05) is 12.1 Å². The lowest BCUT2D eigenvalue weighted by Crippen LogP contribution is -2.42. The number of hydrogen-bond acceptors (Lipinski definition) is 2. The Balaban J connectivity index is 2.15. The summed E-state index contributed by atoms with van der Waals surface area (Å²) in [6.45, 7) is 0. The fourth-order valence-electron chi connectivity index (χ4n) is 2.03. The van der Waals surface area contributed by atoms with Gasteiger partial charge >= 0.3 is 5.97 Å². The van der Waals surface area contributed by atoms with Crippen LogP contribution in [0.2, 0.25) is 0 Å². The molecule has 0 aliphatic rings. The van der Waals surface area contributed by atoms with Crippen LogP contribution in [0.4, 0.5) is 8.78 Å². The van der Waals surface area contributed by atoms with Crippen molar-refractivity contribution in [1.29, 1.82) is 0 Å². The van der Waals surface area contributed by atoms with Gasteiger partial charge in [0.05, 0.1) is 0 Å². The summed E-state index contributed by atoms with van der Waals surface area (Å²) in [7, 11) is 0. The minimum atomic E-state index is -1.23. The number of carbonyl (C=O) groups is 2. The topological polar surface area (TPSA) is 66.4 Å². The second-order valence-corrected chi connectivity index (χ2v) is 6.10. The predicted molar refractivity (Wildman–Crippen MR) is 88.1 cm³/mol. The van der Waals surface area contributed by atoms with Crippen LogP contribution in [0.5, 0.6) is 0 Å². The van der Waals surface area contributed by atoms with Crippen LogP contribution in [0.3, 0.4) is 0 Å². The molecule has 1 atom stereocenters. The minimum Gasteiger partial charge on any atom is -0.480 e. The molecule has 0 aliphatic carbocycles. The van der Waals surface area contributed by atoms with E-state index in [0.717, 1.165) is 21.3 Å². The van der Waals surface area contributed by atoms with E-state index in [-0.39, 0.29) is 12.0 Å². The Hall–Kier alpha value is -2.03. The zero-order valence-electron chi connectivity index (χ0n) is 11.7. The minimum absolute atomic E-state index is 0.0652. The van der Waals surface area contributed by atoms with Gasteiger partial charge in [0.25, 0.3) is 5.91 Å². The van der Waals surface area contributed by atoms with Gasteiger partial charge in [0, 0.05) is 21.6 Å². The van der Waals surface area contributed by atoms with E-state index in [0.29, 0.717) is 6.07 Å². The number of carboxylic acids is 1. The molecule has 4 nitrogen and oxygen atoms in total. The molecule has 1 amide bonds. The first kappa shape index (κ1) is 17.3. The van der Waals surface area contributed by atoms with Crippen molar-refractivity contribution < 1.29 is 23.5 Å². The highest BCUT2D eigenvalue weighted by Crippen LogP contribution is 2.12. The molecule has 23 heavy (non-hydrogen) atoms. The van der Waals surface area contributed by atoms with Crippen molar-refractivity contribution in [2.45, 2.75) is 12.5 Å². The SMILES string of the molecule is O=C(N[C@H](Cc1cccc(I)c1)C(=O)O)c1cc(F)cc(F)c1. The smallest absolute Gasteiger partial charge is 0.326 e. The van der Waals surface area contributed by atoms with Crippen LogP contribution in [-0.2, 0) is 11.2 Å². The Morgan fingerprint density at radius 2 is 1.78 bits per heavy atom. The maximum absolute atomic E-state index is 13.1. The van der Waals surface area contributed by atoms with Crippen LogP contribution in [0.1, 0.15) is 15.9 Å². The van der Waals surface area contributed by atoms with Crippen LogP contribution in [0.25, 0.3) is 0 Å². The van der Waals surface area contributed by atoms with Crippen molar-refractivity contribution in [1.82, 2.24) is 5.32 Å². The third-order valence-corrected chi connectivity index (χ3v) is 3.73. The third kappa shape index (κ3) is 4.98. The van der Waals surface area contributed by atoms with Crippen molar-refractivity contribution in [3.63, 3.8) is 0 Å². The van der Waals surface area contributed by atoms with Crippen molar-refractivity contribution in [3.8, 4) is 0 Å². The average molecular weight is 431 g/mol. The maximum atomic E-state index is 13.1. The van der Waals surface area contributed by atoms with Crippen LogP contribution in [0, 0.1) is 15.2 Å². The van der Waals surface area contributed by atoms with E-state index >= 15 is 0 Å². The summed E-state index contributed by atoms with van der Waals surface area (Å²) in [6.07, 6.45) is 0.0652. The average Bonchev–Trinajstić information content (AvgIpc) is 2.45. The molecular weight excluding hydrogens is 419 g/mol. The van der Waals surface area contributed by atoms with E-state index in [1.807, 2.05) is 6.07 Å². The molecule has 2 rings (SSSR count). The number of rotatable bonds is 5. The van der Waals surface area contributed by atoms with Crippen LogP contribution in [0.15, 0.2) is 42.5 Å². The van der Waals surface area contributed by atoms with Gasteiger partial charge in [-0.2, -0.15) is 0 Å². The summed E-state index contributed by atoms with van der Waals surface area (Å²) in [6, 6.07) is 8.31. The van der Waals surface area contributed by atoms with E-state index in [1.54, 1.807) is 18.2 Å². The number of hydrogen-bond donors (Lipinski definition) is 2. The third-order valence-electron chi connectivity index (χ3n) is 3.06. The van der Waals surface area contributed by atoms with Crippen LogP contribution >= 0.6 is 22.6 Å². The Morgan fingerprint density at radius 1 is 1.13 bits per heavy atom. The van der Waals surface area contributed by atoms with Gasteiger partial charge in [-0.15, -0.1) is 0 Å². The van der Waals surface area contributed by atoms with Gasteiger partial charge < -0.3 is 10.4 Å². The molecule has 0 aromatic heterocycles. The lowest BCUT2D eigenvalue weighted by molar-refractivity contribution is -0.139. The fraction of sp³-hybridized carbons (Fsp3) is 0.125. The maximum Gasteiger partial charge on any atom is 0.326 e. The van der Waals surface area contributed by atoms with E-state index in [2.05, 4.69) is 27.9 Å². The first-order valence-corrected chi connectivity index (χ1v) is 7.67. The van der Waals surface area contributed by atoms with E-state index in [9.17, 15) is 23.5 Å². The zero-order valence-corrected chi connectivity index (χ0v) is 13.9. The molecule has 2 aromatic rings. The molecule has 0 heterocycles. The molecule has 0 aliphatic heterocycles. The molecule has 0 saturated carbocycles. The Bertz CT molecular complexity index is 732. The van der Waals surface area contributed by atoms with Crippen molar-refractivity contribution in [2.75, 3.05) is 0 Å². The van der Waals surface area contributed by atoms with E-state index in [4.69, 9.17) is 0 Å². The van der Waals surface area contributed by atoms with Crippen molar-refractivity contribution >= 4 is 34.5 Å². The normalized spacial score (nSPS) is 11.8. The number of carbonyl (C=O) groups excluding carboxylic acids is 1. The quantitative estimate of drug-likeness (QED) is 0.716. The number of halogens is 3. The van der Waals surface area contributed by atoms with Crippen LogP contribution in [-0.4, -0.2) is 23.0 Å². The molecule has 0 saturated heterocycles. The molecule has 2 N–H and O–H groups in total. The largest absolute Gasteiger partial charge is 0.480 e. The molecule has 7 heteroatoms. The Kier molecular flexibility index (Phi) is 5.64. The highest BCUT2D eigenvalue weighted by Gasteiger charge is 2.22. The zero-order chi connectivity index (χ0) is 17.0. The standard InChI is InChI=1S/C16H12F2INO3/c17-11-6-10(7-12(18)8-11)15(21)20-14(16(22)23)5-9-2-1-3-13(19)4-9/h1-4,6-8,14H,5H2,(H,20,21)(H,22,23)/t14-/m1/s1. The summed E-state index contributed by atoms with van der Waals surface area (Å²) in [5.41, 5.74) is 0.464. The summed E-state index contributed by atoms with van der Waals surface area (Å²) in [5.74, 6) is -3.88. The molecule has 0 bridgehead atoms. The molecule has 0 unspecified atom stereocenters. The number of benzene rings is 2. The second kappa shape index (κ2) is 7.49. The molecule has 120 valence electrons. The van der Waals surface area contributed by atoms with E-state index < -0.39 is 29.6 Å². The summed E-state index contributed by atoms with van der Waals surface area (Å²) in [5, 5.41) is 11.5. The number of nitrogens with one attached hydrogen (secondary N) is 1. The predicted octanol–water partition coefficient (Wildman–Crippen LogP) is 3.00. The molecule has 0 radical (unpaired) electrons. The fourth-order valence-corrected chi connectivity index (χ4v) is 2.63. The summed E-state index contributed by atoms with van der Waals surface area (Å²) < 4.78 is 27.2. The number of aliphatic carboxylic acids is 1. The summed E-state index contributed by atoms with van der Waals surface area (Å²) in [4.78, 5) is 23.3. The van der Waals surface area contributed by atoms with Crippen molar-refractivity contribution in [3.05, 3.63) is 68.8 Å². The number of carboxylic acid groups (broad SMARTS) is 1. The van der Waals surface area contributed by atoms with Gasteiger partial charge in [0.1, 0.15) is 17.7 Å². The van der Waals surface area contributed by atoms with Crippen LogP contribution < -0.4 is 5.32 Å². The molecule has 0 fully saturated rings. The lowest BCUT2D eigenvalue weighted by atomic mass is 10.1. The van der Waals surface area contributed by atoms with Crippen molar-refractivity contribution in [2.24, 2.45) is 0 Å². The monoisotopic (exact) mass is 431 g/mol. The van der Waals surface area contributed by atoms with Gasteiger partial charge in [0.15, 0.2) is 0 Å². The van der Waals surface area contributed by atoms with Gasteiger partial charge in [-0.3, -0.25) is 4.79 Å². The second-order valence-electron chi connectivity index (χ2n) is 4.86. The summed E-state index contributed by atoms with van der Waals surface area (Å²) >= 11 is 2.09. The molecule has 2 aromatic carbocycles. The number of amides is 1. The first-order valence-electron chi connectivity index (χ1n) is 6.59. The Labute approximate surface area is 144 Å². The highest BCUT2D eigenvalue weighted by atomic mass is 127. The van der Waals surface area contributed by atoms with Gasteiger partial charge in [0.2, 0.25) is 0 Å². The highest BCUT2D eigenvalue weighted by molar-refractivity contribution is 14.1. The molecular formula is C16H12F2INO3. The molecule has 0 spiro atoms. The van der Waals surface area contributed by atoms with Gasteiger partial charge in [-0.25, -0.2) is 13.6 Å². The first-order chi connectivity index (χ1) is 10.8. The Morgan fingerprint density at radius 3 is 2.35 bits per heavy atom.